The van der Waals surface area contributed by atoms with Crippen molar-refractivity contribution >= 4 is 29.2 Å². The Bertz CT molecular complexity index is 826. The average Bonchev–Trinajstić information content (AvgIpc) is 2.88. The number of nitrogens with one attached hydrogen (secondary N) is 1. The minimum atomic E-state index is -1.03. The Morgan fingerprint density at radius 1 is 1.13 bits per heavy atom. The van der Waals surface area contributed by atoms with E-state index in [1.807, 2.05) is 30.3 Å². The summed E-state index contributed by atoms with van der Waals surface area (Å²) >= 11 is 0. The molecule has 3 rings (SSSR count). The highest BCUT2D eigenvalue weighted by atomic mass is 16.4. The summed E-state index contributed by atoms with van der Waals surface area (Å²) in [6, 6.07) is 15.7. The molecular formula is C17H13N3O3. The first kappa shape index (κ1) is 14.6. The third kappa shape index (κ3) is 3.49. The quantitative estimate of drug-likeness (QED) is 0.907. The number of amides is 1. The van der Waals surface area contributed by atoms with E-state index < -0.39 is 5.97 Å². The number of benzene rings is 2. The van der Waals surface area contributed by atoms with Crippen LogP contribution >= 0.6 is 0 Å². The van der Waals surface area contributed by atoms with Crippen molar-refractivity contribution in [2.24, 2.45) is 9.98 Å². The molecule has 114 valence electrons. The number of carbonyl (C=O) groups excluding carboxylic acids is 1. The lowest BCUT2D eigenvalue weighted by molar-refractivity contribution is -0.113. The van der Waals surface area contributed by atoms with Crippen LogP contribution in [0.15, 0.2) is 64.6 Å². The minimum absolute atomic E-state index is 0.129. The molecule has 0 spiro atoms. The summed E-state index contributed by atoms with van der Waals surface area (Å²) in [5, 5.41) is 11.6. The van der Waals surface area contributed by atoms with E-state index >= 15 is 0 Å². The van der Waals surface area contributed by atoms with E-state index in [2.05, 4.69) is 15.3 Å². The molecule has 1 aliphatic heterocycles. The largest absolute Gasteiger partial charge is 0.478 e. The van der Waals surface area contributed by atoms with E-state index in [4.69, 9.17) is 5.11 Å². The Morgan fingerprint density at radius 2 is 1.91 bits per heavy atom. The third-order valence-corrected chi connectivity index (χ3v) is 3.27. The maximum Gasteiger partial charge on any atom is 0.335 e. The highest BCUT2D eigenvalue weighted by Crippen LogP contribution is 2.15. The molecule has 23 heavy (non-hydrogen) atoms. The van der Waals surface area contributed by atoms with Gasteiger partial charge >= 0.3 is 5.97 Å². The van der Waals surface area contributed by atoms with E-state index in [1.165, 1.54) is 12.1 Å². The van der Waals surface area contributed by atoms with Crippen LogP contribution in [0.25, 0.3) is 0 Å². The first-order valence-electron chi connectivity index (χ1n) is 6.97. The van der Waals surface area contributed by atoms with Crippen LogP contribution in [0.5, 0.6) is 0 Å². The van der Waals surface area contributed by atoms with Gasteiger partial charge in [-0.25, -0.2) is 14.8 Å². The molecule has 0 aliphatic carbocycles. The van der Waals surface area contributed by atoms with Crippen LogP contribution in [0, 0.1) is 0 Å². The molecule has 0 unspecified atom stereocenters. The van der Waals surface area contributed by atoms with Crippen molar-refractivity contribution in [3.8, 4) is 0 Å². The van der Waals surface area contributed by atoms with Crippen LogP contribution in [0.2, 0.25) is 0 Å². The highest BCUT2D eigenvalue weighted by Gasteiger charge is 2.21. The summed E-state index contributed by atoms with van der Waals surface area (Å²) < 4.78 is 0. The fourth-order valence-corrected chi connectivity index (χ4v) is 2.17. The van der Waals surface area contributed by atoms with E-state index in [0.717, 1.165) is 5.56 Å². The molecule has 0 atom stereocenters. The molecule has 1 aliphatic rings. The average molecular weight is 307 g/mol. The second-order valence-corrected chi connectivity index (χ2v) is 4.97. The van der Waals surface area contributed by atoms with Crippen molar-refractivity contribution in [2.45, 2.75) is 6.42 Å². The predicted molar refractivity (Wildman–Crippen MR) is 86.2 cm³/mol. The molecule has 0 saturated heterocycles. The maximum absolute atomic E-state index is 11.9. The van der Waals surface area contributed by atoms with Gasteiger partial charge in [0.25, 0.3) is 5.91 Å². The molecule has 6 heteroatoms. The van der Waals surface area contributed by atoms with Gasteiger partial charge in [-0.05, 0) is 23.8 Å². The maximum atomic E-state index is 11.9. The van der Waals surface area contributed by atoms with Crippen molar-refractivity contribution < 1.29 is 14.7 Å². The number of hydrogen-bond acceptors (Lipinski definition) is 3. The normalized spacial score (nSPS) is 15.4. The van der Waals surface area contributed by atoms with E-state index in [0.29, 0.717) is 17.8 Å². The van der Waals surface area contributed by atoms with Gasteiger partial charge in [0.1, 0.15) is 5.71 Å². The Labute approximate surface area is 132 Å². The highest BCUT2D eigenvalue weighted by molar-refractivity contribution is 6.47. The van der Waals surface area contributed by atoms with Crippen LogP contribution in [-0.4, -0.2) is 28.7 Å². The van der Waals surface area contributed by atoms with Crippen molar-refractivity contribution in [2.75, 3.05) is 0 Å². The smallest absolute Gasteiger partial charge is 0.335 e. The third-order valence-electron chi connectivity index (χ3n) is 3.27. The summed E-state index contributed by atoms with van der Waals surface area (Å²) in [4.78, 5) is 31.3. The molecule has 2 aromatic carbocycles. The molecular weight excluding hydrogens is 294 g/mol. The Morgan fingerprint density at radius 3 is 2.65 bits per heavy atom. The number of aromatic carboxylic acids is 1. The Balaban J connectivity index is 1.83. The number of carbonyl (C=O) groups is 2. The molecule has 0 radical (unpaired) electrons. The lowest BCUT2D eigenvalue weighted by atomic mass is 10.1. The minimum Gasteiger partial charge on any atom is -0.478 e. The summed E-state index contributed by atoms with van der Waals surface area (Å²) in [6.45, 7) is 0. The zero-order valence-electron chi connectivity index (χ0n) is 12.1. The molecule has 1 heterocycles. The van der Waals surface area contributed by atoms with Gasteiger partial charge in [0.2, 0.25) is 5.96 Å². The van der Waals surface area contributed by atoms with Gasteiger partial charge in [-0.2, -0.15) is 0 Å². The molecule has 2 aromatic rings. The zero-order chi connectivity index (χ0) is 16.2. The number of aliphatic imine (C=N–C) groups is 2. The SMILES string of the molecule is O=C1NC(=Nc2cccc(C(=O)O)c2)N=C1Cc1ccccc1. The molecule has 0 fully saturated rings. The summed E-state index contributed by atoms with van der Waals surface area (Å²) in [5.74, 6) is -1.15. The molecule has 1 amide bonds. The van der Waals surface area contributed by atoms with Crippen LogP contribution in [0.4, 0.5) is 5.69 Å². The monoisotopic (exact) mass is 307 g/mol. The topological polar surface area (TPSA) is 91.1 Å². The lowest BCUT2D eigenvalue weighted by Gasteiger charge is -1.98. The molecule has 2 N–H and O–H groups in total. The van der Waals surface area contributed by atoms with Crippen LogP contribution < -0.4 is 5.32 Å². The van der Waals surface area contributed by atoms with Crippen LogP contribution in [0.1, 0.15) is 15.9 Å². The molecule has 0 bridgehead atoms. The second kappa shape index (κ2) is 6.23. The number of carboxylic acid groups (broad SMARTS) is 1. The number of nitrogens with zero attached hydrogens (tertiary/aromatic N) is 2. The lowest BCUT2D eigenvalue weighted by Crippen LogP contribution is -2.26. The fourth-order valence-electron chi connectivity index (χ4n) is 2.17. The number of hydrogen-bond donors (Lipinski definition) is 2. The predicted octanol–water partition coefficient (Wildman–Crippen LogP) is 2.19. The summed E-state index contributed by atoms with van der Waals surface area (Å²) in [7, 11) is 0. The first-order valence-corrected chi connectivity index (χ1v) is 6.97. The summed E-state index contributed by atoms with van der Waals surface area (Å²) in [5.41, 5.74) is 1.91. The van der Waals surface area contributed by atoms with Crippen molar-refractivity contribution in [1.82, 2.24) is 5.32 Å². The van der Waals surface area contributed by atoms with E-state index in [-0.39, 0.29) is 17.4 Å². The Hall–Kier alpha value is -3.28. The van der Waals surface area contributed by atoms with Gasteiger partial charge in [-0.15, -0.1) is 0 Å². The van der Waals surface area contributed by atoms with E-state index in [1.54, 1.807) is 12.1 Å². The van der Waals surface area contributed by atoms with Gasteiger partial charge in [-0.3, -0.25) is 10.1 Å². The van der Waals surface area contributed by atoms with Crippen molar-refractivity contribution in [3.63, 3.8) is 0 Å². The van der Waals surface area contributed by atoms with Crippen LogP contribution in [0.3, 0.4) is 0 Å². The molecule has 0 aromatic heterocycles. The van der Waals surface area contributed by atoms with E-state index in [9.17, 15) is 9.59 Å². The number of rotatable bonds is 4. The number of carboxylic acids is 1. The van der Waals surface area contributed by atoms with Gasteiger partial charge in [0, 0.05) is 6.42 Å². The molecule has 6 nitrogen and oxygen atoms in total. The van der Waals surface area contributed by atoms with Gasteiger partial charge in [-0.1, -0.05) is 36.4 Å². The van der Waals surface area contributed by atoms with Crippen LogP contribution in [-0.2, 0) is 11.2 Å². The Kier molecular flexibility index (Phi) is 3.97. The second-order valence-electron chi connectivity index (χ2n) is 4.97. The summed E-state index contributed by atoms with van der Waals surface area (Å²) in [6.07, 6.45) is 0.418. The fraction of sp³-hybridized carbons (Fsp3) is 0.0588. The van der Waals surface area contributed by atoms with Gasteiger partial charge in [0.15, 0.2) is 0 Å². The van der Waals surface area contributed by atoms with Gasteiger partial charge in [0.05, 0.1) is 11.3 Å². The van der Waals surface area contributed by atoms with Crippen molar-refractivity contribution in [1.29, 1.82) is 0 Å². The zero-order valence-corrected chi connectivity index (χ0v) is 12.1. The number of guanidine groups is 1. The first-order chi connectivity index (χ1) is 11.1. The van der Waals surface area contributed by atoms with Crippen molar-refractivity contribution in [3.05, 3.63) is 65.7 Å². The standard InChI is InChI=1S/C17H13N3O3/c21-15-14(9-11-5-2-1-3-6-11)19-17(20-15)18-13-8-4-7-12(10-13)16(22)23/h1-8,10H,9H2,(H,22,23)(H,18,20,21). The molecule has 0 saturated carbocycles. The van der Waals surface area contributed by atoms with Gasteiger partial charge < -0.3 is 5.11 Å².